The maximum absolute atomic E-state index is 11.9. The molecule has 2 aromatic rings. The Morgan fingerprint density at radius 1 is 1.44 bits per heavy atom. The van der Waals surface area contributed by atoms with Gasteiger partial charge in [-0.25, -0.2) is 0 Å². The van der Waals surface area contributed by atoms with Gasteiger partial charge >= 0.3 is 0 Å². The molecule has 0 aliphatic heterocycles. The number of nitrogens with zero attached hydrogens (tertiary/aromatic N) is 3. The van der Waals surface area contributed by atoms with Gasteiger partial charge < -0.3 is 0 Å². The van der Waals surface area contributed by atoms with E-state index in [1.54, 1.807) is 0 Å². The Bertz CT molecular complexity index is 571. The number of anilines is 1. The summed E-state index contributed by atoms with van der Waals surface area (Å²) < 4.78 is 0. The Hall–Kier alpha value is -1.95. The predicted molar refractivity (Wildman–Crippen MR) is 65.1 cm³/mol. The number of tetrazole rings is 1. The van der Waals surface area contributed by atoms with Gasteiger partial charge in [0.2, 0.25) is 5.91 Å². The Morgan fingerprint density at radius 2 is 2.28 bits per heavy atom. The fourth-order valence-electron chi connectivity index (χ4n) is 2.02. The van der Waals surface area contributed by atoms with Crippen molar-refractivity contribution in [2.75, 3.05) is 5.32 Å². The molecule has 2 N–H and O–H groups in total. The van der Waals surface area contributed by atoms with Gasteiger partial charge in [0, 0.05) is 10.9 Å². The van der Waals surface area contributed by atoms with Crippen LogP contribution in [0.1, 0.15) is 17.9 Å². The van der Waals surface area contributed by atoms with Crippen molar-refractivity contribution >= 4 is 23.5 Å². The summed E-state index contributed by atoms with van der Waals surface area (Å²) in [6.45, 7) is 0. The number of amides is 1. The summed E-state index contributed by atoms with van der Waals surface area (Å²) in [5, 5.41) is 16.3. The van der Waals surface area contributed by atoms with Gasteiger partial charge in [-0.1, -0.05) is 34.9 Å². The quantitative estimate of drug-likeness (QED) is 0.881. The molecule has 18 heavy (non-hydrogen) atoms. The smallest absolute Gasteiger partial charge is 0.269 e. The van der Waals surface area contributed by atoms with Crippen LogP contribution >= 0.6 is 11.6 Å². The van der Waals surface area contributed by atoms with Crippen molar-refractivity contribution in [3.05, 3.63) is 34.9 Å². The lowest BCUT2D eigenvalue weighted by atomic mass is 10.1. The van der Waals surface area contributed by atoms with E-state index in [4.69, 9.17) is 11.6 Å². The second kappa shape index (κ2) is 4.38. The van der Waals surface area contributed by atoms with E-state index in [2.05, 4.69) is 25.9 Å². The summed E-state index contributed by atoms with van der Waals surface area (Å²) in [7, 11) is 0. The maximum Gasteiger partial charge on any atom is 0.269 e. The predicted octanol–water partition coefficient (Wildman–Crippen LogP) is 1.60. The summed E-state index contributed by atoms with van der Waals surface area (Å²) >= 11 is 6.10. The molecule has 1 aliphatic rings. The lowest BCUT2D eigenvalue weighted by molar-refractivity contribution is -0.117. The average molecular weight is 264 g/mol. The van der Waals surface area contributed by atoms with Crippen molar-refractivity contribution in [2.45, 2.75) is 12.3 Å². The van der Waals surface area contributed by atoms with Gasteiger partial charge in [-0.3, -0.25) is 10.1 Å². The molecular weight excluding hydrogens is 254 g/mol. The monoisotopic (exact) mass is 263 g/mol. The van der Waals surface area contributed by atoms with Gasteiger partial charge in [-0.2, -0.15) is 5.21 Å². The van der Waals surface area contributed by atoms with E-state index in [0.717, 1.165) is 12.0 Å². The van der Waals surface area contributed by atoms with Crippen LogP contribution in [-0.2, 0) is 4.79 Å². The Morgan fingerprint density at radius 3 is 3.00 bits per heavy atom. The zero-order valence-corrected chi connectivity index (χ0v) is 10.1. The average Bonchev–Trinajstić information content (AvgIpc) is 3.00. The van der Waals surface area contributed by atoms with E-state index >= 15 is 0 Å². The van der Waals surface area contributed by atoms with Gasteiger partial charge in [0.05, 0.1) is 0 Å². The van der Waals surface area contributed by atoms with E-state index < -0.39 is 0 Å². The molecule has 92 valence electrons. The number of aromatic amines is 1. The zero-order valence-electron chi connectivity index (χ0n) is 9.30. The van der Waals surface area contributed by atoms with E-state index in [-0.39, 0.29) is 23.7 Å². The van der Waals surface area contributed by atoms with Crippen LogP contribution in [0, 0.1) is 5.92 Å². The van der Waals surface area contributed by atoms with E-state index in [1.807, 2.05) is 24.3 Å². The van der Waals surface area contributed by atoms with Gasteiger partial charge in [0.15, 0.2) is 0 Å². The molecule has 1 saturated carbocycles. The number of aromatic nitrogens is 4. The Balaban J connectivity index is 1.67. The van der Waals surface area contributed by atoms with Crippen molar-refractivity contribution in [1.29, 1.82) is 0 Å². The highest BCUT2D eigenvalue weighted by molar-refractivity contribution is 6.31. The lowest BCUT2D eigenvalue weighted by Crippen LogP contribution is -2.15. The summed E-state index contributed by atoms with van der Waals surface area (Å²) in [5.74, 6) is 0.222. The molecule has 3 rings (SSSR count). The molecular formula is C11H10ClN5O. The zero-order chi connectivity index (χ0) is 12.5. The number of hydrogen-bond acceptors (Lipinski definition) is 4. The number of nitrogens with one attached hydrogen (secondary N) is 2. The molecule has 1 fully saturated rings. The highest BCUT2D eigenvalue weighted by Crippen LogP contribution is 2.49. The van der Waals surface area contributed by atoms with Gasteiger partial charge in [0.25, 0.3) is 5.95 Å². The molecule has 6 nitrogen and oxygen atoms in total. The van der Waals surface area contributed by atoms with Crippen LogP contribution in [0.3, 0.4) is 0 Å². The van der Waals surface area contributed by atoms with E-state index in [1.165, 1.54) is 0 Å². The van der Waals surface area contributed by atoms with E-state index in [9.17, 15) is 4.79 Å². The second-order valence-corrected chi connectivity index (χ2v) is 4.60. The van der Waals surface area contributed by atoms with Crippen LogP contribution in [0.5, 0.6) is 0 Å². The third-order valence-electron chi connectivity index (χ3n) is 3.01. The van der Waals surface area contributed by atoms with Crippen LogP contribution in [0.2, 0.25) is 5.02 Å². The first-order chi connectivity index (χ1) is 8.75. The van der Waals surface area contributed by atoms with Gasteiger partial charge in [-0.05, 0) is 29.2 Å². The lowest BCUT2D eigenvalue weighted by Gasteiger charge is -2.02. The molecule has 1 heterocycles. The first-order valence-electron chi connectivity index (χ1n) is 5.54. The first kappa shape index (κ1) is 11.2. The summed E-state index contributed by atoms with van der Waals surface area (Å²) in [5.41, 5.74) is 1.02. The van der Waals surface area contributed by atoms with Crippen LogP contribution in [0.25, 0.3) is 0 Å². The number of H-pyrrole nitrogens is 1. The van der Waals surface area contributed by atoms with Crippen LogP contribution in [0.15, 0.2) is 24.3 Å². The first-order valence-corrected chi connectivity index (χ1v) is 5.92. The van der Waals surface area contributed by atoms with E-state index in [0.29, 0.717) is 5.02 Å². The topological polar surface area (TPSA) is 83.6 Å². The summed E-state index contributed by atoms with van der Waals surface area (Å²) in [6.07, 6.45) is 0.799. The largest absolute Gasteiger partial charge is 0.292 e. The number of benzene rings is 1. The summed E-state index contributed by atoms with van der Waals surface area (Å²) in [4.78, 5) is 11.9. The number of hydrogen-bond donors (Lipinski definition) is 2. The van der Waals surface area contributed by atoms with Gasteiger partial charge in [-0.15, -0.1) is 5.10 Å². The fourth-order valence-corrected chi connectivity index (χ4v) is 2.30. The molecule has 1 aromatic carbocycles. The fraction of sp³-hybridized carbons (Fsp3) is 0.273. The minimum absolute atomic E-state index is 0.0663. The Labute approximate surface area is 108 Å². The minimum Gasteiger partial charge on any atom is -0.292 e. The SMILES string of the molecule is O=C(Nc1nn[nH]n1)C1CC1c1ccccc1Cl. The number of halogens is 1. The molecule has 0 bridgehead atoms. The molecule has 0 saturated heterocycles. The van der Waals surface area contributed by atoms with Crippen LogP contribution < -0.4 is 5.32 Å². The molecule has 2 unspecified atom stereocenters. The van der Waals surface area contributed by atoms with Crippen LogP contribution in [0.4, 0.5) is 5.95 Å². The molecule has 7 heteroatoms. The normalized spacial score (nSPS) is 21.6. The molecule has 0 radical (unpaired) electrons. The standard InChI is InChI=1S/C11H10ClN5O/c12-9-4-2-1-3-6(9)7-5-8(7)10(18)13-11-14-16-17-15-11/h1-4,7-8H,5H2,(H2,13,14,15,16,17,18). The molecule has 2 atom stereocenters. The number of rotatable bonds is 3. The molecule has 1 aliphatic carbocycles. The maximum atomic E-state index is 11.9. The molecule has 0 spiro atoms. The third kappa shape index (κ3) is 2.06. The number of carbonyl (C=O) groups excluding carboxylic acids is 1. The van der Waals surface area contributed by atoms with Crippen molar-refractivity contribution < 1.29 is 4.79 Å². The van der Waals surface area contributed by atoms with Crippen molar-refractivity contribution in [3.8, 4) is 0 Å². The Kier molecular flexibility index (Phi) is 2.71. The molecule has 1 amide bonds. The number of carbonyl (C=O) groups is 1. The van der Waals surface area contributed by atoms with Crippen molar-refractivity contribution in [1.82, 2.24) is 20.6 Å². The minimum atomic E-state index is -0.0960. The third-order valence-corrected chi connectivity index (χ3v) is 3.36. The highest BCUT2D eigenvalue weighted by atomic mass is 35.5. The second-order valence-electron chi connectivity index (χ2n) is 4.19. The highest BCUT2D eigenvalue weighted by Gasteiger charge is 2.45. The molecule has 1 aromatic heterocycles. The van der Waals surface area contributed by atoms with Gasteiger partial charge in [0.1, 0.15) is 0 Å². The van der Waals surface area contributed by atoms with Crippen molar-refractivity contribution in [3.63, 3.8) is 0 Å². The van der Waals surface area contributed by atoms with Crippen LogP contribution in [-0.4, -0.2) is 26.5 Å². The summed E-state index contributed by atoms with van der Waals surface area (Å²) in [6, 6.07) is 7.59. The van der Waals surface area contributed by atoms with Crippen molar-refractivity contribution in [2.24, 2.45) is 5.92 Å².